The molecule has 0 saturated heterocycles. The first-order chi connectivity index (χ1) is 9.11. The van der Waals surface area contributed by atoms with E-state index >= 15 is 0 Å². The average Bonchev–Trinajstić information content (AvgIpc) is 2.38. The predicted molar refractivity (Wildman–Crippen MR) is 68.9 cm³/mol. The number of hydrazone groups is 1. The number of rotatable bonds is 6. The number of benzene rings is 1. The Morgan fingerprint density at radius 3 is 2.63 bits per heavy atom. The minimum atomic E-state index is -0.731. The van der Waals surface area contributed by atoms with Crippen molar-refractivity contribution in [3.63, 3.8) is 0 Å². The predicted octanol–water partition coefficient (Wildman–Crippen LogP) is 0.631. The van der Waals surface area contributed by atoms with Crippen molar-refractivity contribution in [1.29, 1.82) is 0 Å². The summed E-state index contributed by atoms with van der Waals surface area (Å²) < 4.78 is 9.93. The van der Waals surface area contributed by atoms with Gasteiger partial charge in [0.05, 0.1) is 12.8 Å². The van der Waals surface area contributed by atoms with Crippen LogP contribution in [0.1, 0.15) is 12.5 Å². The molecule has 0 heterocycles. The summed E-state index contributed by atoms with van der Waals surface area (Å²) in [6, 6.07) is 6.04. The van der Waals surface area contributed by atoms with Crippen LogP contribution in [0.15, 0.2) is 29.4 Å². The Morgan fingerprint density at radius 1 is 1.37 bits per heavy atom. The molecule has 0 bridgehead atoms. The number of primary amides is 1. The van der Waals surface area contributed by atoms with Crippen molar-refractivity contribution in [3.05, 3.63) is 29.8 Å². The number of ether oxygens (including phenoxy) is 2. The maximum Gasteiger partial charge on any atom is 0.344 e. The summed E-state index contributed by atoms with van der Waals surface area (Å²) in [5.74, 6) is 0.117. The van der Waals surface area contributed by atoms with Gasteiger partial charge in [0.2, 0.25) is 0 Å². The fourth-order valence-electron chi connectivity index (χ4n) is 1.17. The molecule has 3 N–H and O–H groups in total. The number of esters is 1. The Labute approximate surface area is 110 Å². The van der Waals surface area contributed by atoms with Gasteiger partial charge in [-0.1, -0.05) is 0 Å². The number of carbonyl (C=O) groups excluding carboxylic acids is 2. The topological polar surface area (TPSA) is 103 Å². The Kier molecular flexibility index (Phi) is 5.87. The number of urea groups is 1. The zero-order chi connectivity index (χ0) is 14.1. The van der Waals surface area contributed by atoms with Gasteiger partial charge in [0, 0.05) is 0 Å². The van der Waals surface area contributed by atoms with Crippen LogP contribution in [-0.2, 0) is 9.53 Å². The minimum absolute atomic E-state index is 0.134. The van der Waals surface area contributed by atoms with Crippen molar-refractivity contribution >= 4 is 18.2 Å². The third-order valence-electron chi connectivity index (χ3n) is 1.93. The van der Waals surface area contributed by atoms with Crippen LogP contribution in [0.4, 0.5) is 4.79 Å². The highest BCUT2D eigenvalue weighted by atomic mass is 16.6. The van der Waals surface area contributed by atoms with E-state index in [1.54, 1.807) is 31.2 Å². The van der Waals surface area contributed by atoms with Gasteiger partial charge < -0.3 is 15.2 Å². The number of nitrogens with one attached hydrogen (secondary N) is 1. The molecule has 0 aliphatic rings. The van der Waals surface area contributed by atoms with E-state index in [9.17, 15) is 9.59 Å². The summed E-state index contributed by atoms with van der Waals surface area (Å²) in [5, 5.41) is 3.60. The highest BCUT2D eigenvalue weighted by Gasteiger charge is 2.02. The van der Waals surface area contributed by atoms with Crippen LogP contribution in [0.5, 0.6) is 5.75 Å². The van der Waals surface area contributed by atoms with Gasteiger partial charge in [-0.05, 0) is 36.8 Å². The van der Waals surface area contributed by atoms with E-state index in [0.29, 0.717) is 12.4 Å². The lowest BCUT2D eigenvalue weighted by Crippen LogP contribution is -2.24. The standard InChI is InChI=1S/C12H15N3O4/c1-2-18-11(16)8-19-10-5-3-9(4-6-10)7-14-15-12(13)17/h3-7H,2,8H2,1H3,(H3,13,15,17). The highest BCUT2D eigenvalue weighted by molar-refractivity contribution is 5.81. The number of nitrogens with zero attached hydrogens (tertiary/aromatic N) is 1. The van der Waals surface area contributed by atoms with Crippen molar-refractivity contribution in [1.82, 2.24) is 5.43 Å². The molecular weight excluding hydrogens is 250 g/mol. The SMILES string of the molecule is CCOC(=O)COc1ccc(C=NNC(N)=O)cc1. The van der Waals surface area contributed by atoms with E-state index in [4.69, 9.17) is 15.2 Å². The second-order valence-electron chi connectivity index (χ2n) is 3.40. The normalized spacial score (nSPS) is 10.2. The van der Waals surface area contributed by atoms with E-state index < -0.39 is 12.0 Å². The van der Waals surface area contributed by atoms with Gasteiger partial charge in [-0.25, -0.2) is 15.0 Å². The summed E-state index contributed by atoms with van der Waals surface area (Å²) in [6.45, 7) is 1.92. The Bertz CT molecular complexity index is 457. The molecule has 0 radical (unpaired) electrons. The minimum Gasteiger partial charge on any atom is -0.482 e. The summed E-state index contributed by atoms with van der Waals surface area (Å²) in [5.41, 5.74) is 7.67. The van der Waals surface area contributed by atoms with Gasteiger partial charge in [0.1, 0.15) is 5.75 Å². The maximum atomic E-state index is 11.1. The number of nitrogens with two attached hydrogens (primary N) is 1. The molecule has 1 aromatic rings. The van der Waals surface area contributed by atoms with E-state index in [-0.39, 0.29) is 6.61 Å². The lowest BCUT2D eigenvalue weighted by Gasteiger charge is -2.05. The molecule has 19 heavy (non-hydrogen) atoms. The third-order valence-corrected chi connectivity index (χ3v) is 1.93. The van der Waals surface area contributed by atoms with Crippen LogP contribution in [0.25, 0.3) is 0 Å². The largest absolute Gasteiger partial charge is 0.482 e. The van der Waals surface area contributed by atoms with E-state index in [0.717, 1.165) is 5.56 Å². The van der Waals surface area contributed by atoms with E-state index in [1.165, 1.54) is 6.21 Å². The van der Waals surface area contributed by atoms with Gasteiger partial charge in [-0.2, -0.15) is 5.10 Å². The van der Waals surface area contributed by atoms with Crippen molar-refractivity contribution in [2.75, 3.05) is 13.2 Å². The first-order valence-corrected chi connectivity index (χ1v) is 5.59. The van der Waals surface area contributed by atoms with Crippen molar-refractivity contribution < 1.29 is 19.1 Å². The molecule has 0 atom stereocenters. The molecule has 0 aliphatic carbocycles. The average molecular weight is 265 g/mol. The highest BCUT2D eigenvalue weighted by Crippen LogP contribution is 2.10. The molecule has 7 nitrogen and oxygen atoms in total. The number of amides is 2. The van der Waals surface area contributed by atoms with Gasteiger partial charge in [0.15, 0.2) is 6.61 Å². The van der Waals surface area contributed by atoms with Crippen molar-refractivity contribution in [2.45, 2.75) is 6.92 Å². The van der Waals surface area contributed by atoms with Gasteiger partial charge >= 0.3 is 12.0 Å². The molecule has 1 aromatic carbocycles. The second kappa shape index (κ2) is 7.70. The fraction of sp³-hybridized carbons (Fsp3) is 0.250. The first kappa shape index (κ1) is 14.5. The van der Waals surface area contributed by atoms with Crippen LogP contribution >= 0.6 is 0 Å². The molecule has 0 spiro atoms. The maximum absolute atomic E-state index is 11.1. The molecule has 2 amide bonds. The van der Waals surface area contributed by atoms with Gasteiger partial charge in [0.25, 0.3) is 0 Å². The lowest BCUT2D eigenvalue weighted by atomic mass is 10.2. The summed E-state index contributed by atoms with van der Waals surface area (Å²) in [4.78, 5) is 21.4. The van der Waals surface area contributed by atoms with Gasteiger partial charge in [-0.15, -0.1) is 0 Å². The van der Waals surface area contributed by atoms with Crippen LogP contribution in [0, 0.1) is 0 Å². The molecule has 0 aliphatic heterocycles. The quantitative estimate of drug-likeness (QED) is 0.447. The first-order valence-electron chi connectivity index (χ1n) is 5.59. The summed E-state index contributed by atoms with van der Waals surface area (Å²) in [6.07, 6.45) is 1.43. The number of hydrogen-bond donors (Lipinski definition) is 2. The van der Waals surface area contributed by atoms with Gasteiger partial charge in [-0.3, -0.25) is 0 Å². The molecule has 102 valence electrons. The second-order valence-corrected chi connectivity index (χ2v) is 3.40. The lowest BCUT2D eigenvalue weighted by molar-refractivity contribution is -0.145. The van der Waals surface area contributed by atoms with Crippen molar-refractivity contribution in [2.24, 2.45) is 10.8 Å². The van der Waals surface area contributed by atoms with E-state index in [2.05, 4.69) is 10.5 Å². The number of hydrogen-bond acceptors (Lipinski definition) is 5. The molecule has 0 saturated carbocycles. The van der Waals surface area contributed by atoms with Crippen LogP contribution < -0.4 is 15.9 Å². The van der Waals surface area contributed by atoms with Crippen molar-refractivity contribution in [3.8, 4) is 5.75 Å². The van der Waals surface area contributed by atoms with Crippen LogP contribution in [0.3, 0.4) is 0 Å². The Hall–Kier alpha value is -2.57. The summed E-state index contributed by atoms with van der Waals surface area (Å²) >= 11 is 0. The van der Waals surface area contributed by atoms with E-state index in [1.807, 2.05) is 0 Å². The number of carbonyl (C=O) groups is 2. The summed E-state index contributed by atoms with van der Waals surface area (Å²) in [7, 11) is 0. The molecule has 0 aromatic heterocycles. The zero-order valence-electron chi connectivity index (χ0n) is 10.5. The Balaban J connectivity index is 2.45. The molecule has 0 fully saturated rings. The fourth-order valence-corrected chi connectivity index (χ4v) is 1.17. The smallest absolute Gasteiger partial charge is 0.344 e. The molecule has 0 unspecified atom stereocenters. The Morgan fingerprint density at radius 2 is 2.05 bits per heavy atom. The molecular formula is C12H15N3O4. The third kappa shape index (κ3) is 6.06. The zero-order valence-corrected chi connectivity index (χ0v) is 10.5. The molecule has 1 rings (SSSR count). The van der Waals surface area contributed by atoms with Crippen LogP contribution in [-0.4, -0.2) is 31.4 Å². The molecule has 7 heteroatoms. The van der Waals surface area contributed by atoms with Crippen LogP contribution in [0.2, 0.25) is 0 Å². The monoisotopic (exact) mass is 265 g/mol.